The molecule has 0 saturated heterocycles. The van der Waals surface area contributed by atoms with E-state index in [1.807, 2.05) is 48.5 Å². The maximum atomic E-state index is 12.5. The van der Waals surface area contributed by atoms with E-state index in [4.69, 9.17) is 0 Å². The van der Waals surface area contributed by atoms with Gasteiger partial charge in [-0.2, -0.15) is 4.98 Å². The Morgan fingerprint density at radius 3 is 2.05 bits per heavy atom. The number of benzene rings is 2. The van der Waals surface area contributed by atoms with E-state index in [-0.39, 0.29) is 0 Å². The van der Waals surface area contributed by atoms with Gasteiger partial charge in [-0.3, -0.25) is 0 Å². The molecule has 0 aliphatic heterocycles. The Hall–Kier alpha value is -2.95. The highest BCUT2D eigenvalue weighted by Gasteiger charge is 2.13. The molecule has 2 aromatic carbocycles. The molecule has 3 aromatic rings. The summed E-state index contributed by atoms with van der Waals surface area (Å²) < 4.78 is 2.44. The molecular formula is C16H13N3O2. The fourth-order valence-corrected chi connectivity index (χ4v) is 2.13. The van der Waals surface area contributed by atoms with Crippen LogP contribution in [0.15, 0.2) is 70.3 Å². The molecular weight excluding hydrogens is 266 g/mol. The van der Waals surface area contributed by atoms with Crippen LogP contribution < -0.4 is 11.4 Å². The zero-order chi connectivity index (χ0) is 14.8. The van der Waals surface area contributed by atoms with Gasteiger partial charge in [0.15, 0.2) is 5.82 Å². The van der Waals surface area contributed by atoms with Crippen molar-refractivity contribution in [1.29, 1.82) is 0 Å². The number of rotatable bonds is 2. The molecule has 21 heavy (non-hydrogen) atoms. The van der Waals surface area contributed by atoms with Crippen molar-refractivity contribution >= 4 is 0 Å². The molecule has 0 aliphatic rings. The van der Waals surface area contributed by atoms with Crippen molar-refractivity contribution in [2.24, 2.45) is 7.05 Å². The predicted octanol–water partition coefficient (Wildman–Crippen LogP) is 1.60. The summed E-state index contributed by atoms with van der Waals surface area (Å²) in [5, 5.41) is 0. The first-order valence-electron chi connectivity index (χ1n) is 6.49. The number of hydrogen-bond acceptors (Lipinski definition) is 3. The largest absolute Gasteiger partial charge is 0.353 e. The highest BCUT2D eigenvalue weighted by atomic mass is 16.2. The third-order valence-electron chi connectivity index (χ3n) is 3.22. The molecule has 5 nitrogen and oxygen atoms in total. The molecule has 0 N–H and O–H groups in total. The average molecular weight is 279 g/mol. The minimum Gasteiger partial charge on any atom is -0.247 e. The van der Waals surface area contributed by atoms with E-state index in [2.05, 4.69) is 4.98 Å². The smallest absolute Gasteiger partial charge is 0.247 e. The zero-order valence-electron chi connectivity index (χ0n) is 11.4. The lowest BCUT2D eigenvalue weighted by molar-refractivity contribution is 0.690. The summed E-state index contributed by atoms with van der Waals surface area (Å²) in [5.74, 6) is 0.343. The van der Waals surface area contributed by atoms with Crippen LogP contribution in [0.2, 0.25) is 0 Å². The molecule has 1 heterocycles. The van der Waals surface area contributed by atoms with Gasteiger partial charge >= 0.3 is 11.4 Å². The lowest BCUT2D eigenvalue weighted by Crippen LogP contribution is -2.40. The number of nitrogens with zero attached hydrogens (tertiary/aromatic N) is 3. The zero-order valence-corrected chi connectivity index (χ0v) is 11.4. The quantitative estimate of drug-likeness (QED) is 0.716. The number of aromatic nitrogens is 3. The second-order valence-electron chi connectivity index (χ2n) is 4.60. The minimum absolute atomic E-state index is 0.343. The van der Waals surface area contributed by atoms with Gasteiger partial charge in [0.1, 0.15) is 0 Å². The molecule has 0 radical (unpaired) electrons. The average Bonchev–Trinajstić information content (AvgIpc) is 2.54. The van der Waals surface area contributed by atoms with Crippen LogP contribution in [0.5, 0.6) is 0 Å². The molecule has 0 aliphatic carbocycles. The van der Waals surface area contributed by atoms with Crippen LogP contribution in [-0.2, 0) is 7.05 Å². The molecule has 5 heteroatoms. The highest BCUT2D eigenvalue weighted by Crippen LogP contribution is 2.17. The van der Waals surface area contributed by atoms with Gasteiger partial charge in [-0.05, 0) is 12.1 Å². The standard InChI is InChI=1S/C16H13N3O2/c1-18-15(20)17-14(12-8-4-2-5-9-12)19(16(18)21)13-10-6-3-7-11-13/h2-11H,1H3. The van der Waals surface area contributed by atoms with E-state index in [1.165, 1.54) is 11.6 Å². The Morgan fingerprint density at radius 2 is 1.43 bits per heavy atom. The number of para-hydroxylation sites is 1. The van der Waals surface area contributed by atoms with Crippen molar-refractivity contribution in [2.45, 2.75) is 0 Å². The minimum atomic E-state index is -0.564. The van der Waals surface area contributed by atoms with E-state index in [0.29, 0.717) is 11.5 Å². The van der Waals surface area contributed by atoms with Crippen molar-refractivity contribution in [3.05, 3.63) is 81.6 Å². The Balaban J connectivity index is 2.40. The third-order valence-corrected chi connectivity index (χ3v) is 3.22. The second kappa shape index (κ2) is 5.20. The van der Waals surface area contributed by atoms with Gasteiger partial charge in [-0.1, -0.05) is 48.5 Å². The molecule has 0 amide bonds. The topological polar surface area (TPSA) is 56.9 Å². The Kier molecular flexibility index (Phi) is 3.23. The van der Waals surface area contributed by atoms with Crippen molar-refractivity contribution in [2.75, 3.05) is 0 Å². The summed E-state index contributed by atoms with van der Waals surface area (Å²) in [6.45, 7) is 0. The van der Waals surface area contributed by atoms with Crippen molar-refractivity contribution in [1.82, 2.24) is 14.1 Å². The Bertz CT molecular complexity index is 881. The van der Waals surface area contributed by atoms with Gasteiger partial charge in [0.2, 0.25) is 0 Å². The van der Waals surface area contributed by atoms with E-state index in [1.54, 1.807) is 12.1 Å². The van der Waals surface area contributed by atoms with E-state index in [9.17, 15) is 9.59 Å². The summed E-state index contributed by atoms with van der Waals surface area (Å²) in [6, 6.07) is 18.3. The van der Waals surface area contributed by atoms with Crippen LogP contribution in [0.4, 0.5) is 0 Å². The van der Waals surface area contributed by atoms with Crippen molar-refractivity contribution in [3.8, 4) is 17.1 Å². The van der Waals surface area contributed by atoms with E-state index >= 15 is 0 Å². The van der Waals surface area contributed by atoms with Gasteiger partial charge in [0.05, 0.1) is 5.69 Å². The first-order valence-corrected chi connectivity index (χ1v) is 6.49. The highest BCUT2D eigenvalue weighted by molar-refractivity contribution is 5.57. The van der Waals surface area contributed by atoms with Crippen LogP contribution in [0, 0.1) is 0 Å². The Labute approximate surface area is 120 Å². The molecule has 0 atom stereocenters. The van der Waals surface area contributed by atoms with Crippen LogP contribution in [-0.4, -0.2) is 14.1 Å². The van der Waals surface area contributed by atoms with Crippen LogP contribution >= 0.6 is 0 Å². The summed E-state index contributed by atoms with van der Waals surface area (Å²) in [5.41, 5.74) is 0.409. The molecule has 0 fully saturated rings. The molecule has 0 unspecified atom stereocenters. The van der Waals surface area contributed by atoms with E-state index in [0.717, 1.165) is 10.1 Å². The second-order valence-corrected chi connectivity index (χ2v) is 4.60. The summed E-state index contributed by atoms with van der Waals surface area (Å²) >= 11 is 0. The lowest BCUT2D eigenvalue weighted by atomic mass is 10.2. The van der Waals surface area contributed by atoms with Gasteiger partial charge in [-0.15, -0.1) is 0 Å². The summed E-state index contributed by atoms with van der Waals surface area (Å²) in [7, 11) is 1.42. The number of hydrogen-bond donors (Lipinski definition) is 0. The molecule has 104 valence electrons. The fourth-order valence-electron chi connectivity index (χ4n) is 2.13. The fraction of sp³-hybridized carbons (Fsp3) is 0.0625. The molecule has 1 aromatic heterocycles. The molecule has 0 spiro atoms. The van der Waals surface area contributed by atoms with E-state index < -0.39 is 11.4 Å². The van der Waals surface area contributed by atoms with Crippen LogP contribution in [0.3, 0.4) is 0 Å². The summed E-state index contributed by atoms with van der Waals surface area (Å²) in [6.07, 6.45) is 0. The normalized spacial score (nSPS) is 10.5. The van der Waals surface area contributed by atoms with Crippen LogP contribution in [0.25, 0.3) is 17.1 Å². The van der Waals surface area contributed by atoms with Gasteiger partial charge in [0, 0.05) is 12.6 Å². The molecule has 0 bridgehead atoms. The molecule has 0 saturated carbocycles. The SMILES string of the molecule is Cn1c(=O)nc(-c2ccccc2)n(-c2ccccc2)c1=O. The maximum absolute atomic E-state index is 12.5. The maximum Gasteiger partial charge on any atom is 0.353 e. The van der Waals surface area contributed by atoms with Crippen molar-refractivity contribution in [3.63, 3.8) is 0 Å². The monoisotopic (exact) mass is 279 g/mol. The van der Waals surface area contributed by atoms with Crippen molar-refractivity contribution < 1.29 is 0 Å². The van der Waals surface area contributed by atoms with Gasteiger partial charge < -0.3 is 0 Å². The lowest BCUT2D eigenvalue weighted by Gasteiger charge is -2.12. The van der Waals surface area contributed by atoms with Gasteiger partial charge in [0.25, 0.3) is 0 Å². The summed E-state index contributed by atoms with van der Waals surface area (Å²) in [4.78, 5) is 28.4. The van der Waals surface area contributed by atoms with Crippen LogP contribution in [0.1, 0.15) is 0 Å². The first kappa shape index (κ1) is 13.1. The third kappa shape index (κ3) is 2.29. The molecule has 3 rings (SSSR count). The Morgan fingerprint density at radius 1 is 0.857 bits per heavy atom. The first-order chi connectivity index (χ1) is 10.2. The predicted molar refractivity (Wildman–Crippen MR) is 80.5 cm³/mol. The van der Waals surface area contributed by atoms with Gasteiger partial charge in [-0.25, -0.2) is 18.7 Å².